The van der Waals surface area contributed by atoms with Crippen molar-refractivity contribution in [3.8, 4) is 0 Å². The van der Waals surface area contributed by atoms with Gasteiger partial charge in [0.25, 0.3) is 5.91 Å². The number of nitrogens with one attached hydrogen (secondary N) is 2. The Kier molecular flexibility index (Phi) is 4.85. The van der Waals surface area contributed by atoms with Gasteiger partial charge >= 0.3 is 5.97 Å². The lowest BCUT2D eigenvalue weighted by molar-refractivity contribution is -0.142. The number of hydrogen-bond acceptors (Lipinski definition) is 5. The second-order valence-corrected chi connectivity index (χ2v) is 6.66. The number of benzene rings is 1. The maximum Gasteiger partial charge on any atom is 0.311 e. The number of aryl methyl sites for hydroxylation is 2. The summed E-state index contributed by atoms with van der Waals surface area (Å²) in [6.07, 6.45) is 0.102. The van der Waals surface area contributed by atoms with E-state index < -0.39 is 0 Å². The highest BCUT2D eigenvalue weighted by molar-refractivity contribution is 7.14. The number of ether oxygens (including phenoxy) is 1. The Balaban J connectivity index is 1.73. The molecule has 0 saturated carbocycles. The van der Waals surface area contributed by atoms with Crippen molar-refractivity contribution < 1.29 is 14.3 Å². The number of rotatable bonds is 5. The minimum Gasteiger partial charge on any atom is -0.466 e. The number of aromatic nitrogens is 2. The fraction of sp³-hybridized carbons (Fsp3) is 0.278. The summed E-state index contributed by atoms with van der Waals surface area (Å²) < 4.78 is 4.89. The van der Waals surface area contributed by atoms with Crippen molar-refractivity contribution in [2.45, 2.75) is 27.2 Å². The van der Waals surface area contributed by atoms with Gasteiger partial charge in [-0.05, 0) is 44.0 Å². The van der Waals surface area contributed by atoms with Crippen LogP contribution in [0.2, 0.25) is 0 Å². The van der Waals surface area contributed by atoms with Gasteiger partial charge in [-0.1, -0.05) is 6.07 Å². The Bertz CT molecular complexity index is 942. The summed E-state index contributed by atoms with van der Waals surface area (Å²) in [5.41, 5.74) is 4.26. The third-order valence-corrected chi connectivity index (χ3v) is 4.54. The molecule has 0 radical (unpaired) electrons. The van der Waals surface area contributed by atoms with E-state index >= 15 is 0 Å². The second kappa shape index (κ2) is 7.06. The molecule has 2 aromatic heterocycles. The lowest BCUT2D eigenvalue weighted by Crippen LogP contribution is -2.12. The van der Waals surface area contributed by atoms with E-state index in [-0.39, 0.29) is 18.3 Å². The van der Waals surface area contributed by atoms with Crippen molar-refractivity contribution in [2.75, 3.05) is 11.9 Å². The Labute approximate surface area is 149 Å². The number of carbonyl (C=O) groups excluding carboxylic acids is 2. The summed E-state index contributed by atoms with van der Waals surface area (Å²) in [5, 5.41) is 5.99. The van der Waals surface area contributed by atoms with Crippen LogP contribution < -0.4 is 5.32 Å². The van der Waals surface area contributed by atoms with Gasteiger partial charge in [-0.3, -0.25) is 14.9 Å². The minimum absolute atomic E-state index is 0.102. The summed E-state index contributed by atoms with van der Waals surface area (Å²) in [6, 6.07) is 5.94. The van der Waals surface area contributed by atoms with Crippen molar-refractivity contribution in [3.05, 3.63) is 46.1 Å². The molecule has 130 valence electrons. The summed E-state index contributed by atoms with van der Waals surface area (Å²) in [6.45, 7) is 6.14. The van der Waals surface area contributed by atoms with Gasteiger partial charge in [-0.25, -0.2) is 4.98 Å². The third kappa shape index (κ3) is 3.88. The van der Waals surface area contributed by atoms with Crippen LogP contribution in [-0.4, -0.2) is 28.5 Å². The summed E-state index contributed by atoms with van der Waals surface area (Å²) in [4.78, 5) is 31.3. The van der Waals surface area contributed by atoms with Crippen LogP contribution in [0.25, 0.3) is 10.9 Å². The molecule has 0 saturated heterocycles. The minimum atomic E-state index is -0.327. The molecule has 7 heteroatoms. The number of anilines is 1. The first-order valence-corrected chi connectivity index (χ1v) is 8.85. The predicted octanol–water partition coefficient (Wildman–Crippen LogP) is 3.60. The van der Waals surface area contributed by atoms with E-state index in [0.717, 1.165) is 22.0 Å². The van der Waals surface area contributed by atoms with Crippen LogP contribution in [0.1, 0.15) is 34.2 Å². The van der Waals surface area contributed by atoms with E-state index in [0.29, 0.717) is 23.1 Å². The van der Waals surface area contributed by atoms with Crippen LogP contribution in [-0.2, 0) is 16.0 Å². The number of nitrogens with zero attached hydrogens (tertiary/aromatic N) is 1. The molecule has 0 aliphatic carbocycles. The number of fused-ring (bicyclic) bond motifs is 1. The van der Waals surface area contributed by atoms with Crippen molar-refractivity contribution in [1.29, 1.82) is 0 Å². The molecule has 3 rings (SSSR count). The molecule has 2 heterocycles. The third-order valence-electron chi connectivity index (χ3n) is 3.74. The lowest BCUT2D eigenvalue weighted by atomic mass is 10.1. The molecule has 0 aliphatic heterocycles. The number of amides is 1. The predicted molar refractivity (Wildman–Crippen MR) is 98.2 cm³/mol. The average Bonchev–Trinajstić information content (AvgIpc) is 3.14. The van der Waals surface area contributed by atoms with E-state index in [1.807, 2.05) is 26.0 Å². The number of carbonyl (C=O) groups is 2. The first-order valence-electron chi connectivity index (χ1n) is 7.97. The smallest absolute Gasteiger partial charge is 0.311 e. The molecule has 25 heavy (non-hydrogen) atoms. The lowest BCUT2D eigenvalue weighted by Gasteiger charge is -1.99. The molecule has 0 unspecified atom stereocenters. The fourth-order valence-corrected chi connectivity index (χ4v) is 3.40. The Morgan fingerprint density at radius 1 is 1.28 bits per heavy atom. The highest BCUT2D eigenvalue weighted by atomic mass is 32.1. The van der Waals surface area contributed by atoms with Crippen LogP contribution in [0.15, 0.2) is 23.6 Å². The second-order valence-electron chi connectivity index (χ2n) is 5.81. The maximum atomic E-state index is 12.4. The van der Waals surface area contributed by atoms with E-state index in [1.54, 1.807) is 12.3 Å². The molecule has 0 bridgehead atoms. The van der Waals surface area contributed by atoms with Crippen LogP contribution in [0, 0.1) is 13.8 Å². The largest absolute Gasteiger partial charge is 0.466 e. The summed E-state index contributed by atoms with van der Waals surface area (Å²) in [5.74, 6) is -0.586. The molecule has 1 amide bonds. The van der Waals surface area contributed by atoms with E-state index in [4.69, 9.17) is 4.74 Å². The molecule has 0 fully saturated rings. The monoisotopic (exact) mass is 357 g/mol. The van der Waals surface area contributed by atoms with Gasteiger partial charge in [0, 0.05) is 16.3 Å². The van der Waals surface area contributed by atoms with Crippen LogP contribution in [0.5, 0.6) is 0 Å². The highest BCUT2D eigenvalue weighted by Gasteiger charge is 2.14. The van der Waals surface area contributed by atoms with Gasteiger partial charge in [0.2, 0.25) is 0 Å². The summed E-state index contributed by atoms with van der Waals surface area (Å²) in [7, 11) is 0. The topological polar surface area (TPSA) is 84.1 Å². The van der Waals surface area contributed by atoms with E-state index in [9.17, 15) is 9.59 Å². The summed E-state index contributed by atoms with van der Waals surface area (Å²) >= 11 is 1.28. The molecule has 6 nitrogen and oxygen atoms in total. The molecule has 1 aromatic carbocycles. The molecule has 0 atom stereocenters. The number of esters is 1. The first kappa shape index (κ1) is 17.2. The zero-order valence-electron chi connectivity index (χ0n) is 14.3. The Morgan fingerprint density at radius 3 is 2.84 bits per heavy atom. The van der Waals surface area contributed by atoms with Gasteiger partial charge in [0.05, 0.1) is 18.7 Å². The van der Waals surface area contributed by atoms with Gasteiger partial charge in [-0.15, -0.1) is 11.3 Å². The quantitative estimate of drug-likeness (QED) is 0.683. The molecular weight excluding hydrogens is 338 g/mol. The van der Waals surface area contributed by atoms with E-state index in [1.165, 1.54) is 11.3 Å². The van der Waals surface area contributed by atoms with Gasteiger partial charge in [0.15, 0.2) is 5.13 Å². The molecular formula is C18H19N3O3S. The maximum absolute atomic E-state index is 12.4. The molecule has 0 spiro atoms. The zero-order chi connectivity index (χ0) is 18.0. The fourth-order valence-electron chi connectivity index (χ4n) is 2.69. The van der Waals surface area contributed by atoms with Crippen LogP contribution >= 0.6 is 11.3 Å². The first-order chi connectivity index (χ1) is 12.0. The molecule has 3 aromatic rings. The number of hydrogen-bond donors (Lipinski definition) is 2. The Hall–Kier alpha value is -2.67. The van der Waals surface area contributed by atoms with E-state index in [2.05, 4.69) is 21.4 Å². The normalized spacial score (nSPS) is 10.8. The average molecular weight is 357 g/mol. The van der Waals surface area contributed by atoms with Crippen LogP contribution in [0.4, 0.5) is 5.13 Å². The van der Waals surface area contributed by atoms with Gasteiger partial charge < -0.3 is 9.72 Å². The number of thiazole rings is 1. The molecule has 0 aliphatic rings. The SMILES string of the molecule is CCOC(=O)Cc1csc(NC(=O)c2cc3c(C)cc(C)cc3[nH]2)n1. The van der Waals surface area contributed by atoms with Crippen LogP contribution in [0.3, 0.4) is 0 Å². The van der Waals surface area contributed by atoms with Crippen molar-refractivity contribution in [2.24, 2.45) is 0 Å². The standard InChI is InChI=1S/C18H19N3O3S/c1-4-24-16(22)7-12-9-25-18(19-12)21-17(23)15-8-13-11(3)5-10(2)6-14(13)20-15/h5-6,8-9,20H,4,7H2,1-3H3,(H,19,21,23). The zero-order valence-corrected chi connectivity index (χ0v) is 15.1. The number of aromatic amines is 1. The van der Waals surface area contributed by atoms with Crippen molar-refractivity contribution in [1.82, 2.24) is 9.97 Å². The Morgan fingerprint density at radius 2 is 2.08 bits per heavy atom. The van der Waals surface area contributed by atoms with Gasteiger partial charge in [0.1, 0.15) is 5.69 Å². The number of H-pyrrole nitrogens is 1. The highest BCUT2D eigenvalue weighted by Crippen LogP contribution is 2.23. The van der Waals surface area contributed by atoms with Gasteiger partial charge in [-0.2, -0.15) is 0 Å². The van der Waals surface area contributed by atoms with Crippen molar-refractivity contribution >= 4 is 39.2 Å². The van der Waals surface area contributed by atoms with Crippen molar-refractivity contribution in [3.63, 3.8) is 0 Å². The molecule has 2 N–H and O–H groups in total.